The smallest absolute Gasteiger partial charge is 0.283 e. The number of hydrogen-bond donors (Lipinski definition) is 1. The van der Waals surface area contributed by atoms with Crippen LogP contribution in [0.15, 0.2) is 15.5 Å². The molecule has 8 heteroatoms. The Balaban J connectivity index is 1.71. The van der Waals surface area contributed by atoms with Gasteiger partial charge < -0.3 is 5.32 Å². The van der Waals surface area contributed by atoms with Gasteiger partial charge in [0.25, 0.3) is 5.56 Å². The van der Waals surface area contributed by atoms with E-state index in [4.69, 9.17) is 0 Å². The lowest BCUT2D eigenvalue weighted by molar-refractivity contribution is 0.531. The van der Waals surface area contributed by atoms with Crippen LogP contribution >= 0.6 is 15.9 Å². The van der Waals surface area contributed by atoms with Gasteiger partial charge in [-0.2, -0.15) is 5.10 Å². The molecule has 2 heterocycles. The molecule has 116 valence electrons. The topological polar surface area (TPSA) is 81.1 Å². The number of aromatic nitrogens is 2. The molecular formula is C13H18BrN3O3S. The van der Waals surface area contributed by atoms with Crippen LogP contribution in [0.25, 0.3) is 0 Å². The van der Waals surface area contributed by atoms with Crippen LogP contribution in [0.1, 0.15) is 25.7 Å². The minimum absolute atomic E-state index is 0.166. The van der Waals surface area contributed by atoms with E-state index < -0.39 is 9.84 Å². The van der Waals surface area contributed by atoms with Crippen molar-refractivity contribution in [3.8, 4) is 0 Å². The fraction of sp³-hybridized carbons (Fsp3) is 0.692. The Morgan fingerprint density at radius 2 is 2.14 bits per heavy atom. The quantitative estimate of drug-likeness (QED) is 0.841. The van der Waals surface area contributed by atoms with E-state index in [1.807, 2.05) is 0 Å². The Morgan fingerprint density at radius 1 is 1.38 bits per heavy atom. The van der Waals surface area contributed by atoms with Gasteiger partial charge in [-0.05, 0) is 47.5 Å². The predicted molar refractivity (Wildman–Crippen MR) is 84.2 cm³/mol. The average Bonchev–Trinajstić information content (AvgIpc) is 3.18. The Labute approximate surface area is 132 Å². The molecule has 2 aliphatic rings. The second-order valence-electron chi connectivity index (χ2n) is 5.81. The van der Waals surface area contributed by atoms with Gasteiger partial charge in [0.2, 0.25) is 0 Å². The van der Waals surface area contributed by atoms with Crippen molar-refractivity contribution in [2.24, 2.45) is 5.92 Å². The molecule has 0 spiro atoms. The number of halogens is 1. The minimum Gasteiger partial charge on any atom is -0.381 e. The van der Waals surface area contributed by atoms with E-state index in [1.54, 1.807) is 6.20 Å². The molecule has 0 amide bonds. The first-order valence-corrected chi connectivity index (χ1v) is 9.69. The van der Waals surface area contributed by atoms with Gasteiger partial charge >= 0.3 is 0 Å². The van der Waals surface area contributed by atoms with Gasteiger partial charge in [0, 0.05) is 13.1 Å². The molecule has 0 bridgehead atoms. The minimum atomic E-state index is -2.98. The number of nitrogens with zero attached hydrogens (tertiary/aromatic N) is 2. The summed E-state index contributed by atoms with van der Waals surface area (Å²) < 4.78 is 25.5. The molecule has 0 aromatic carbocycles. The van der Waals surface area contributed by atoms with Crippen LogP contribution in [0.5, 0.6) is 0 Å². The summed E-state index contributed by atoms with van der Waals surface area (Å²) in [6.07, 6.45) is 5.31. The number of hydrogen-bond acceptors (Lipinski definition) is 5. The Morgan fingerprint density at radius 3 is 2.76 bits per heavy atom. The summed E-state index contributed by atoms with van der Waals surface area (Å²) in [6, 6.07) is 0. The lowest BCUT2D eigenvalue weighted by atomic mass is 10.2. The van der Waals surface area contributed by atoms with E-state index in [-0.39, 0.29) is 16.6 Å². The van der Waals surface area contributed by atoms with Crippen LogP contribution in [-0.2, 0) is 16.4 Å². The van der Waals surface area contributed by atoms with E-state index in [2.05, 4.69) is 26.3 Å². The summed E-state index contributed by atoms with van der Waals surface area (Å²) >= 11 is 3.29. The van der Waals surface area contributed by atoms with Crippen LogP contribution in [0.3, 0.4) is 0 Å². The van der Waals surface area contributed by atoms with E-state index in [1.165, 1.54) is 4.68 Å². The SMILES string of the molecule is O=c1c(Br)c(NCC2CCCS2(=O)=O)cnn1CC1CC1. The van der Waals surface area contributed by atoms with Gasteiger partial charge in [-0.1, -0.05) is 0 Å². The Hall–Kier alpha value is -0.890. The van der Waals surface area contributed by atoms with Crippen molar-refractivity contribution in [1.82, 2.24) is 9.78 Å². The third-order valence-electron chi connectivity index (χ3n) is 4.10. The van der Waals surface area contributed by atoms with Gasteiger partial charge in [-0.3, -0.25) is 4.79 Å². The molecule has 1 aliphatic heterocycles. The molecule has 1 aromatic rings. The van der Waals surface area contributed by atoms with Crippen molar-refractivity contribution in [3.05, 3.63) is 21.0 Å². The zero-order valence-corrected chi connectivity index (χ0v) is 14.0. The fourth-order valence-electron chi connectivity index (χ4n) is 2.57. The fourth-order valence-corrected chi connectivity index (χ4v) is 4.79. The number of sulfone groups is 1. The van der Waals surface area contributed by atoms with E-state index >= 15 is 0 Å². The molecule has 2 fully saturated rings. The van der Waals surface area contributed by atoms with Gasteiger partial charge in [-0.25, -0.2) is 13.1 Å². The first-order chi connectivity index (χ1) is 9.97. The lowest BCUT2D eigenvalue weighted by Gasteiger charge is -2.13. The molecule has 1 saturated carbocycles. The van der Waals surface area contributed by atoms with E-state index in [9.17, 15) is 13.2 Å². The highest BCUT2D eigenvalue weighted by molar-refractivity contribution is 9.10. The highest BCUT2D eigenvalue weighted by Gasteiger charge is 2.31. The summed E-state index contributed by atoms with van der Waals surface area (Å²) in [5, 5.41) is 6.85. The van der Waals surface area contributed by atoms with Crippen molar-refractivity contribution in [1.29, 1.82) is 0 Å². The van der Waals surface area contributed by atoms with Crippen molar-refractivity contribution in [3.63, 3.8) is 0 Å². The maximum absolute atomic E-state index is 12.2. The van der Waals surface area contributed by atoms with Gasteiger partial charge in [-0.15, -0.1) is 0 Å². The monoisotopic (exact) mass is 375 g/mol. The van der Waals surface area contributed by atoms with Crippen LogP contribution in [0, 0.1) is 5.92 Å². The highest BCUT2D eigenvalue weighted by atomic mass is 79.9. The second kappa shape index (κ2) is 5.72. The van der Waals surface area contributed by atoms with Crippen LogP contribution in [0.2, 0.25) is 0 Å². The third kappa shape index (κ3) is 3.31. The number of nitrogens with one attached hydrogen (secondary N) is 1. The van der Waals surface area contributed by atoms with Crippen molar-refractivity contribution >= 4 is 31.5 Å². The molecule has 1 unspecified atom stereocenters. The molecule has 21 heavy (non-hydrogen) atoms. The van der Waals surface area contributed by atoms with Crippen LogP contribution in [-0.4, -0.2) is 35.7 Å². The lowest BCUT2D eigenvalue weighted by Crippen LogP contribution is -2.28. The summed E-state index contributed by atoms with van der Waals surface area (Å²) in [4.78, 5) is 12.2. The summed E-state index contributed by atoms with van der Waals surface area (Å²) in [6.45, 7) is 0.989. The molecule has 6 nitrogen and oxygen atoms in total. The van der Waals surface area contributed by atoms with E-state index in [0.717, 1.165) is 19.3 Å². The van der Waals surface area contributed by atoms with Gasteiger partial charge in [0.05, 0.1) is 22.9 Å². The summed E-state index contributed by atoms with van der Waals surface area (Å²) in [5.74, 6) is 0.839. The molecule has 0 radical (unpaired) electrons. The van der Waals surface area contributed by atoms with Gasteiger partial charge in [0.1, 0.15) is 4.47 Å². The normalized spacial score (nSPS) is 24.1. The number of anilines is 1. The van der Waals surface area contributed by atoms with Crippen molar-refractivity contribution in [2.75, 3.05) is 17.6 Å². The van der Waals surface area contributed by atoms with Crippen molar-refractivity contribution < 1.29 is 8.42 Å². The molecular weight excluding hydrogens is 358 g/mol. The molecule has 1 atom stereocenters. The summed E-state index contributed by atoms with van der Waals surface area (Å²) in [5.41, 5.74) is 0.398. The third-order valence-corrected chi connectivity index (χ3v) is 7.14. The first-order valence-electron chi connectivity index (χ1n) is 7.18. The largest absolute Gasteiger partial charge is 0.381 e. The zero-order chi connectivity index (χ0) is 15.0. The zero-order valence-electron chi connectivity index (χ0n) is 11.6. The maximum atomic E-state index is 12.2. The van der Waals surface area contributed by atoms with Crippen LogP contribution in [0.4, 0.5) is 5.69 Å². The Kier molecular flexibility index (Phi) is 4.09. The number of rotatable bonds is 5. The molecule has 1 aliphatic carbocycles. The van der Waals surface area contributed by atoms with Crippen molar-refractivity contribution in [2.45, 2.75) is 37.5 Å². The average molecular weight is 376 g/mol. The molecule has 3 rings (SSSR count). The maximum Gasteiger partial charge on any atom is 0.283 e. The second-order valence-corrected chi connectivity index (χ2v) is 9.01. The van der Waals surface area contributed by atoms with E-state index in [0.29, 0.717) is 35.6 Å². The molecule has 1 N–H and O–H groups in total. The van der Waals surface area contributed by atoms with Crippen LogP contribution < -0.4 is 10.9 Å². The molecule has 1 aromatic heterocycles. The first kappa shape index (κ1) is 15.0. The summed E-state index contributed by atoms with van der Waals surface area (Å²) in [7, 11) is -2.98. The highest BCUT2D eigenvalue weighted by Crippen LogP contribution is 2.30. The Bertz CT molecular complexity index is 697. The molecule has 1 saturated heterocycles. The van der Waals surface area contributed by atoms with Gasteiger partial charge in [0.15, 0.2) is 9.84 Å². The standard InChI is InChI=1S/C13H18BrN3O3S/c14-12-11(15-6-10-2-1-5-21(10,19)20)7-16-17(13(12)18)8-9-3-4-9/h7,9-10,15H,1-6,8H2. The predicted octanol–water partition coefficient (Wildman–Crippen LogP) is 1.40.